The smallest absolute Gasteiger partial charge is 0.272 e. The number of hydrogen-bond donors (Lipinski definition) is 3. The van der Waals surface area contributed by atoms with E-state index in [4.69, 9.17) is 0 Å². The van der Waals surface area contributed by atoms with Crippen LogP contribution < -0.4 is 5.32 Å². The molecule has 4 rings (SSSR count). The highest BCUT2D eigenvalue weighted by Crippen LogP contribution is 2.31. The monoisotopic (exact) mass is 339 g/mol. The minimum Gasteiger partial charge on any atom is -0.390 e. The number of carbonyl (C=O) groups excluding carboxylic acids is 1. The van der Waals surface area contributed by atoms with Gasteiger partial charge in [0.1, 0.15) is 0 Å². The molecular formula is C18H17N3O2S. The molecule has 2 heterocycles. The van der Waals surface area contributed by atoms with Crippen molar-refractivity contribution in [2.75, 3.05) is 0 Å². The highest BCUT2D eigenvalue weighted by Gasteiger charge is 2.32. The van der Waals surface area contributed by atoms with Crippen molar-refractivity contribution in [1.29, 1.82) is 0 Å². The van der Waals surface area contributed by atoms with Gasteiger partial charge in [-0.2, -0.15) is 5.10 Å². The normalized spacial score (nSPS) is 19.2. The van der Waals surface area contributed by atoms with Gasteiger partial charge in [-0.3, -0.25) is 9.89 Å². The molecule has 2 aromatic heterocycles. The lowest BCUT2D eigenvalue weighted by atomic mass is 10.1. The van der Waals surface area contributed by atoms with Crippen LogP contribution in [0.2, 0.25) is 0 Å². The predicted octanol–water partition coefficient (Wildman–Crippen LogP) is 2.83. The number of carbonyl (C=O) groups is 1. The summed E-state index contributed by atoms with van der Waals surface area (Å²) in [7, 11) is 0. The van der Waals surface area contributed by atoms with Crippen LogP contribution in [0.5, 0.6) is 0 Å². The maximum atomic E-state index is 12.5. The molecular weight excluding hydrogens is 322 g/mol. The number of fused-ring (bicyclic) bond motifs is 1. The Bertz CT molecular complexity index is 899. The van der Waals surface area contributed by atoms with Gasteiger partial charge in [-0.05, 0) is 36.2 Å². The van der Waals surface area contributed by atoms with Gasteiger partial charge in [-0.15, -0.1) is 11.3 Å². The highest BCUT2D eigenvalue weighted by atomic mass is 32.1. The van der Waals surface area contributed by atoms with Gasteiger partial charge in [0.05, 0.1) is 22.7 Å². The molecule has 0 aliphatic heterocycles. The van der Waals surface area contributed by atoms with Gasteiger partial charge in [-0.1, -0.05) is 24.3 Å². The molecule has 0 saturated heterocycles. The van der Waals surface area contributed by atoms with Crippen LogP contribution in [0.25, 0.3) is 10.6 Å². The van der Waals surface area contributed by atoms with Crippen molar-refractivity contribution in [2.24, 2.45) is 0 Å². The molecule has 6 heteroatoms. The fourth-order valence-corrected chi connectivity index (χ4v) is 3.94. The first-order valence-corrected chi connectivity index (χ1v) is 8.62. The van der Waals surface area contributed by atoms with E-state index in [0.29, 0.717) is 12.1 Å². The molecule has 5 nitrogen and oxygen atoms in total. The summed E-state index contributed by atoms with van der Waals surface area (Å²) in [4.78, 5) is 14.8. The van der Waals surface area contributed by atoms with E-state index in [0.717, 1.165) is 21.7 Å². The number of nitrogens with zero attached hydrogens (tertiary/aromatic N) is 1. The molecule has 3 aromatic rings. The van der Waals surface area contributed by atoms with E-state index in [2.05, 4.69) is 15.5 Å². The number of thiophene rings is 1. The van der Waals surface area contributed by atoms with Gasteiger partial charge in [0, 0.05) is 11.3 Å². The Morgan fingerprint density at radius 2 is 2.17 bits per heavy atom. The van der Waals surface area contributed by atoms with Crippen molar-refractivity contribution in [3.8, 4) is 10.6 Å². The number of aliphatic hydroxyl groups is 1. The minimum atomic E-state index is -0.607. The van der Waals surface area contributed by atoms with Gasteiger partial charge in [0.25, 0.3) is 5.91 Å². The maximum Gasteiger partial charge on any atom is 0.272 e. The van der Waals surface area contributed by atoms with Crippen LogP contribution in [-0.4, -0.2) is 27.3 Å². The first-order chi connectivity index (χ1) is 11.6. The molecule has 0 fully saturated rings. The van der Waals surface area contributed by atoms with Gasteiger partial charge >= 0.3 is 0 Å². The lowest BCUT2D eigenvalue weighted by Crippen LogP contribution is -2.34. The zero-order valence-electron chi connectivity index (χ0n) is 13.1. The molecule has 3 N–H and O–H groups in total. The van der Waals surface area contributed by atoms with Crippen molar-refractivity contribution in [3.63, 3.8) is 0 Å². The molecule has 0 saturated carbocycles. The van der Waals surface area contributed by atoms with Crippen molar-refractivity contribution in [3.05, 3.63) is 64.2 Å². The molecule has 0 radical (unpaired) electrons. The predicted molar refractivity (Wildman–Crippen MR) is 93.0 cm³/mol. The SMILES string of the molecule is Cc1ccc(-c2cc(C(=O)N[C@@H]3c4ccccc4C[C@@H]3O)n[nH]2)s1. The van der Waals surface area contributed by atoms with Crippen LogP contribution in [0.15, 0.2) is 42.5 Å². The summed E-state index contributed by atoms with van der Waals surface area (Å²) in [6, 6.07) is 13.2. The topological polar surface area (TPSA) is 78.0 Å². The number of hydrogen-bond acceptors (Lipinski definition) is 4. The number of amides is 1. The molecule has 1 amide bonds. The van der Waals surface area contributed by atoms with E-state index >= 15 is 0 Å². The van der Waals surface area contributed by atoms with Crippen LogP contribution in [0, 0.1) is 6.92 Å². The Hall–Kier alpha value is -2.44. The zero-order chi connectivity index (χ0) is 16.7. The second kappa shape index (κ2) is 5.89. The number of aryl methyl sites for hydroxylation is 1. The van der Waals surface area contributed by atoms with Crippen LogP contribution in [0.1, 0.15) is 32.5 Å². The summed E-state index contributed by atoms with van der Waals surface area (Å²) in [6.07, 6.45) is -0.0498. The fraction of sp³-hybridized carbons (Fsp3) is 0.222. The summed E-state index contributed by atoms with van der Waals surface area (Å²) in [5, 5.41) is 20.2. The van der Waals surface area contributed by atoms with E-state index in [1.807, 2.05) is 43.3 Å². The van der Waals surface area contributed by atoms with Crippen molar-refractivity contribution in [2.45, 2.75) is 25.5 Å². The second-order valence-corrected chi connectivity index (χ2v) is 7.29. The molecule has 1 aliphatic carbocycles. The molecule has 0 spiro atoms. The molecule has 122 valence electrons. The second-order valence-electron chi connectivity index (χ2n) is 6.00. The van der Waals surface area contributed by atoms with Crippen LogP contribution in [-0.2, 0) is 6.42 Å². The summed E-state index contributed by atoms with van der Waals surface area (Å²) in [5.74, 6) is -0.286. The van der Waals surface area contributed by atoms with Gasteiger partial charge in [-0.25, -0.2) is 0 Å². The Morgan fingerprint density at radius 3 is 2.96 bits per heavy atom. The summed E-state index contributed by atoms with van der Waals surface area (Å²) < 4.78 is 0. The molecule has 2 atom stereocenters. The third-order valence-electron chi connectivity index (χ3n) is 4.31. The molecule has 0 bridgehead atoms. The number of aliphatic hydroxyl groups excluding tert-OH is 1. The first-order valence-electron chi connectivity index (χ1n) is 7.81. The lowest BCUT2D eigenvalue weighted by Gasteiger charge is -2.17. The highest BCUT2D eigenvalue weighted by molar-refractivity contribution is 7.15. The van der Waals surface area contributed by atoms with Crippen molar-refractivity contribution < 1.29 is 9.90 Å². The fourth-order valence-electron chi connectivity index (χ4n) is 3.11. The van der Waals surface area contributed by atoms with E-state index in [1.54, 1.807) is 17.4 Å². The first kappa shape index (κ1) is 15.1. The quantitative estimate of drug-likeness (QED) is 0.687. The van der Waals surface area contributed by atoms with Gasteiger partial charge < -0.3 is 10.4 Å². The Morgan fingerprint density at radius 1 is 1.33 bits per heavy atom. The zero-order valence-corrected chi connectivity index (χ0v) is 13.9. The number of benzene rings is 1. The molecule has 24 heavy (non-hydrogen) atoms. The number of rotatable bonds is 3. The Balaban J connectivity index is 1.54. The van der Waals surface area contributed by atoms with Gasteiger partial charge in [0.2, 0.25) is 0 Å². The average molecular weight is 339 g/mol. The number of H-pyrrole nitrogens is 1. The third-order valence-corrected chi connectivity index (χ3v) is 5.34. The van der Waals surface area contributed by atoms with Crippen LogP contribution in [0.4, 0.5) is 0 Å². The lowest BCUT2D eigenvalue weighted by molar-refractivity contribution is 0.0853. The summed E-state index contributed by atoms with van der Waals surface area (Å²) in [6.45, 7) is 2.04. The van der Waals surface area contributed by atoms with E-state index < -0.39 is 12.1 Å². The van der Waals surface area contributed by atoms with Crippen molar-refractivity contribution in [1.82, 2.24) is 15.5 Å². The number of aromatic nitrogens is 2. The molecule has 1 aliphatic rings. The van der Waals surface area contributed by atoms with E-state index in [9.17, 15) is 9.90 Å². The largest absolute Gasteiger partial charge is 0.390 e. The van der Waals surface area contributed by atoms with Crippen molar-refractivity contribution >= 4 is 17.2 Å². The van der Waals surface area contributed by atoms with Crippen LogP contribution in [0.3, 0.4) is 0 Å². The average Bonchev–Trinajstić information content (AvgIpc) is 3.27. The summed E-state index contributed by atoms with van der Waals surface area (Å²) in [5.41, 5.74) is 3.20. The maximum absolute atomic E-state index is 12.5. The standard InChI is InChI=1S/C18H17N3O2S/c1-10-6-7-16(24-10)13-9-14(21-20-13)18(23)19-17-12-5-3-2-4-11(12)8-15(17)22/h2-7,9,15,17,22H,8H2,1H3,(H,19,23)(H,20,21)/t15-,17+/m0/s1. The summed E-state index contributed by atoms with van der Waals surface area (Å²) >= 11 is 1.65. The Labute approximate surface area is 143 Å². The minimum absolute atomic E-state index is 0.286. The van der Waals surface area contributed by atoms with E-state index in [1.165, 1.54) is 4.88 Å². The van der Waals surface area contributed by atoms with E-state index in [-0.39, 0.29) is 5.91 Å². The molecule has 0 unspecified atom stereocenters. The van der Waals surface area contributed by atoms with Gasteiger partial charge in [0.15, 0.2) is 5.69 Å². The number of aromatic amines is 1. The molecule has 1 aromatic carbocycles. The number of nitrogens with one attached hydrogen (secondary N) is 2. The Kier molecular flexibility index (Phi) is 3.70. The third kappa shape index (κ3) is 2.64. The van der Waals surface area contributed by atoms with Crippen LogP contribution >= 0.6 is 11.3 Å².